The molecule has 1 aromatic heterocycles. The summed E-state index contributed by atoms with van der Waals surface area (Å²) in [5.74, 6) is -0.717. The molecular weight excluding hydrogens is 377 g/mol. The molecule has 2 heterocycles. The van der Waals surface area contributed by atoms with Gasteiger partial charge in [-0.3, -0.25) is 4.79 Å². The van der Waals surface area contributed by atoms with Crippen molar-refractivity contribution in [3.8, 4) is 0 Å². The van der Waals surface area contributed by atoms with Crippen LogP contribution in [0, 0.1) is 11.7 Å². The van der Waals surface area contributed by atoms with Crippen LogP contribution in [-0.2, 0) is 20.8 Å². The molecule has 3 rings (SSSR count). The lowest BCUT2D eigenvalue weighted by Gasteiger charge is -2.36. The summed E-state index contributed by atoms with van der Waals surface area (Å²) in [6, 6.07) is 7.80. The van der Waals surface area contributed by atoms with E-state index in [4.69, 9.17) is 13.9 Å². The molecule has 6 nitrogen and oxygen atoms in total. The van der Waals surface area contributed by atoms with Crippen molar-refractivity contribution < 1.29 is 28.2 Å². The van der Waals surface area contributed by atoms with E-state index < -0.39 is 6.29 Å². The number of aliphatic hydroxyl groups excluding tert-OH is 1. The van der Waals surface area contributed by atoms with Gasteiger partial charge >= 0.3 is 0 Å². The molecule has 0 bridgehead atoms. The maximum atomic E-state index is 13.0. The highest BCUT2D eigenvalue weighted by molar-refractivity contribution is 5.91. The molecule has 2 N–H and O–H groups in total. The van der Waals surface area contributed by atoms with E-state index in [0.29, 0.717) is 19.4 Å². The van der Waals surface area contributed by atoms with Gasteiger partial charge in [-0.2, -0.15) is 0 Å². The van der Waals surface area contributed by atoms with E-state index in [9.17, 15) is 14.3 Å². The summed E-state index contributed by atoms with van der Waals surface area (Å²) in [5, 5.41) is 12.1. The molecular formula is C22H26FNO5. The molecule has 0 saturated carbocycles. The van der Waals surface area contributed by atoms with E-state index in [2.05, 4.69) is 5.32 Å². The zero-order valence-corrected chi connectivity index (χ0v) is 16.3. The van der Waals surface area contributed by atoms with Crippen LogP contribution in [-0.4, -0.2) is 30.5 Å². The van der Waals surface area contributed by atoms with Crippen LogP contribution in [0.25, 0.3) is 0 Å². The Morgan fingerprint density at radius 3 is 2.72 bits per heavy atom. The van der Waals surface area contributed by atoms with Crippen LogP contribution in [0.4, 0.5) is 4.39 Å². The van der Waals surface area contributed by atoms with Crippen molar-refractivity contribution in [3.05, 3.63) is 71.6 Å². The molecule has 1 aliphatic heterocycles. The number of furan rings is 1. The Bertz CT molecular complexity index is 803. The Morgan fingerprint density at radius 1 is 1.28 bits per heavy atom. The number of halogens is 1. The van der Waals surface area contributed by atoms with Crippen molar-refractivity contribution in [2.24, 2.45) is 5.92 Å². The standard InChI is InChI=1S/C22H26FNO5/c1-2-28-22-18(4-3-10-25)19(16-9-11-27-14-16)12-20(29-22)21(26)24-13-15-5-7-17(23)8-6-15/h5-9,11-12,14,18-19,22,25H,2-4,10,13H2,1H3,(H,24,26). The van der Waals surface area contributed by atoms with Crippen molar-refractivity contribution in [2.75, 3.05) is 13.2 Å². The molecule has 0 fully saturated rings. The second kappa shape index (κ2) is 10.2. The molecule has 0 aliphatic carbocycles. The van der Waals surface area contributed by atoms with Gasteiger partial charge in [0, 0.05) is 31.6 Å². The van der Waals surface area contributed by atoms with Crippen LogP contribution in [0.15, 0.2) is 59.1 Å². The Hall–Kier alpha value is -2.64. The monoisotopic (exact) mass is 403 g/mol. The summed E-state index contributed by atoms with van der Waals surface area (Å²) in [6.45, 7) is 2.63. The fourth-order valence-electron chi connectivity index (χ4n) is 3.48. The van der Waals surface area contributed by atoms with Gasteiger partial charge in [-0.25, -0.2) is 4.39 Å². The van der Waals surface area contributed by atoms with Gasteiger partial charge in [-0.05, 0) is 55.2 Å². The topological polar surface area (TPSA) is 80.9 Å². The number of hydrogen-bond acceptors (Lipinski definition) is 5. The quantitative estimate of drug-likeness (QED) is 0.670. The van der Waals surface area contributed by atoms with Crippen LogP contribution >= 0.6 is 0 Å². The fraction of sp³-hybridized carbons (Fsp3) is 0.409. The number of rotatable bonds is 9. The van der Waals surface area contributed by atoms with Crippen molar-refractivity contribution in [1.29, 1.82) is 0 Å². The van der Waals surface area contributed by atoms with E-state index in [-0.39, 0.29) is 42.5 Å². The predicted molar refractivity (Wildman–Crippen MR) is 104 cm³/mol. The number of hydrogen-bond donors (Lipinski definition) is 2. The minimum absolute atomic E-state index is 0.0617. The summed E-state index contributed by atoms with van der Waals surface area (Å²) in [7, 11) is 0. The van der Waals surface area contributed by atoms with Gasteiger partial charge in [0.25, 0.3) is 5.91 Å². The first-order chi connectivity index (χ1) is 14.1. The first kappa shape index (κ1) is 21.1. The van der Waals surface area contributed by atoms with E-state index in [0.717, 1.165) is 11.1 Å². The molecule has 1 amide bonds. The van der Waals surface area contributed by atoms with Crippen molar-refractivity contribution in [2.45, 2.75) is 38.5 Å². The number of carbonyl (C=O) groups is 1. The molecule has 3 atom stereocenters. The Morgan fingerprint density at radius 2 is 2.07 bits per heavy atom. The second-order valence-electron chi connectivity index (χ2n) is 6.89. The maximum absolute atomic E-state index is 13.0. The van der Waals surface area contributed by atoms with Crippen molar-refractivity contribution in [3.63, 3.8) is 0 Å². The third-order valence-corrected chi connectivity index (χ3v) is 4.93. The highest BCUT2D eigenvalue weighted by Gasteiger charge is 2.38. The molecule has 156 valence electrons. The molecule has 2 aromatic rings. The Labute approximate surface area is 169 Å². The second-order valence-corrected chi connectivity index (χ2v) is 6.89. The number of ether oxygens (including phenoxy) is 2. The Balaban J connectivity index is 1.78. The Kier molecular flexibility index (Phi) is 7.43. The van der Waals surface area contributed by atoms with Crippen LogP contribution in [0.2, 0.25) is 0 Å². The van der Waals surface area contributed by atoms with E-state index in [1.54, 1.807) is 30.7 Å². The molecule has 29 heavy (non-hydrogen) atoms. The van der Waals surface area contributed by atoms with Gasteiger partial charge in [0.1, 0.15) is 5.82 Å². The van der Waals surface area contributed by atoms with Gasteiger partial charge in [0.15, 0.2) is 5.76 Å². The van der Waals surface area contributed by atoms with E-state index in [1.165, 1.54) is 12.1 Å². The molecule has 0 radical (unpaired) electrons. The predicted octanol–water partition coefficient (Wildman–Crippen LogP) is 3.48. The van der Waals surface area contributed by atoms with Gasteiger partial charge in [-0.1, -0.05) is 12.1 Å². The van der Waals surface area contributed by atoms with Crippen molar-refractivity contribution in [1.82, 2.24) is 5.32 Å². The van der Waals surface area contributed by atoms with Gasteiger partial charge in [-0.15, -0.1) is 0 Å². The third kappa shape index (κ3) is 5.46. The van der Waals surface area contributed by atoms with Crippen LogP contribution < -0.4 is 5.32 Å². The highest BCUT2D eigenvalue weighted by Crippen LogP contribution is 2.39. The first-order valence-electron chi connectivity index (χ1n) is 9.78. The average molecular weight is 403 g/mol. The number of carbonyl (C=O) groups excluding carboxylic acids is 1. The lowest BCUT2D eigenvalue weighted by molar-refractivity contribution is -0.166. The molecule has 0 spiro atoms. The zero-order valence-electron chi connectivity index (χ0n) is 16.3. The van der Waals surface area contributed by atoms with E-state index >= 15 is 0 Å². The number of benzene rings is 1. The third-order valence-electron chi connectivity index (χ3n) is 4.93. The van der Waals surface area contributed by atoms with Crippen LogP contribution in [0.5, 0.6) is 0 Å². The van der Waals surface area contributed by atoms with E-state index in [1.807, 2.05) is 13.0 Å². The summed E-state index contributed by atoms with van der Waals surface area (Å²) < 4.78 is 29.9. The highest BCUT2D eigenvalue weighted by atomic mass is 19.1. The number of amides is 1. The molecule has 1 aromatic carbocycles. The average Bonchev–Trinajstić information content (AvgIpc) is 3.26. The minimum Gasteiger partial charge on any atom is -0.472 e. The van der Waals surface area contributed by atoms with Gasteiger partial charge < -0.3 is 24.3 Å². The number of aliphatic hydroxyl groups is 1. The SMILES string of the molecule is CCOC1OC(C(=O)NCc2ccc(F)cc2)=CC(c2ccoc2)C1CCCO. The number of allylic oxidation sites excluding steroid dienone is 1. The zero-order chi connectivity index (χ0) is 20.6. The van der Waals surface area contributed by atoms with Gasteiger partial charge in [0.05, 0.1) is 12.5 Å². The smallest absolute Gasteiger partial charge is 0.286 e. The molecule has 7 heteroatoms. The first-order valence-corrected chi connectivity index (χ1v) is 9.78. The summed E-state index contributed by atoms with van der Waals surface area (Å²) in [4.78, 5) is 12.7. The lowest BCUT2D eigenvalue weighted by Crippen LogP contribution is -2.38. The molecule has 1 aliphatic rings. The molecule has 3 unspecified atom stereocenters. The number of nitrogens with one attached hydrogen (secondary N) is 1. The maximum Gasteiger partial charge on any atom is 0.286 e. The van der Waals surface area contributed by atoms with Crippen LogP contribution in [0.3, 0.4) is 0 Å². The summed E-state index contributed by atoms with van der Waals surface area (Å²) in [5.41, 5.74) is 1.70. The van der Waals surface area contributed by atoms with Crippen LogP contribution in [0.1, 0.15) is 36.8 Å². The summed E-state index contributed by atoms with van der Waals surface area (Å²) >= 11 is 0. The summed E-state index contributed by atoms with van der Waals surface area (Å²) in [6.07, 6.45) is 5.69. The van der Waals surface area contributed by atoms with Gasteiger partial charge in [0.2, 0.25) is 6.29 Å². The van der Waals surface area contributed by atoms with Crippen molar-refractivity contribution >= 4 is 5.91 Å². The molecule has 0 saturated heterocycles. The normalized spacial score (nSPS) is 21.3. The largest absolute Gasteiger partial charge is 0.472 e. The lowest BCUT2D eigenvalue weighted by atomic mass is 9.81. The minimum atomic E-state index is -0.608. The fourth-order valence-corrected chi connectivity index (χ4v) is 3.48.